The molecule has 2 aromatic carbocycles. The summed E-state index contributed by atoms with van der Waals surface area (Å²) in [5, 5.41) is 0. The van der Waals surface area contributed by atoms with Crippen LogP contribution in [-0.2, 0) is 22.2 Å². The van der Waals surface area contributed by atoms with E-state index < -0.39 is 17.7 Å². The van der Waals surface area contributed by atoms with Crippen molar-refractivity contribution in [3.8, 4) is 0 Å². The first kappa shape index (κ1) is 21.6. The van der Waals surface area contributed by atoms with Gasteiger partial charge in [-0.2, -0.15) is 13.2 Å². The van der Waals surface area contributed by atoms with Gasteiger partial charge in [-0.25, -0.2) is 0 Å². The second-order valence-corrected chi connectivity index (χ2v) is 8.52. The molecule has 0 heterocycles. The molecule has 1 aliphatic rings. The van der Waals surface area contributed by atoms with Crippen LogP contribution in [0.15, 0.2) is 53.4 Å². The zero-order chi connectivity index (χ0) is 21.0. The molecule has 0 atom stereocenters. The molecule has 0 radical (unpaired) electrons. The molecular weight excluding hydrogens is 397 g/mol. The van der Waals surface area contributed by atoms with Crippen molar-refractivity contribution in [1.82, 2.24) is 0 Å². The maximum Gasteiger partial charge on any atom is 0.416 e. The Labute approximate surface area is 172 Å². The summed E-state index contributed by atoms with van der Waals surface area (Å²) in [6.45, 7) is 2.01. The molecule has 1 fully saturated rings. The molecule has 0 spiro atoms. The minimum absolute atomic E-state index is 0.00184. The van der Waals surface area contributed by atoms with Gasteiger partial charge in [0.25, 0.3) is 0 Å². The van der Waals surface area contributed by atoms with Gasteiger partial charge in [0.2, 0.25) is 0 Å². The van der Waals surface area contributed by atoms with E-state index >= 15 is 0 Å². The molecule has 0 aliphatic heterocycles. The van der Waals surface area contributed by atoms with Crippen LogP contribution in [0.4, 0.5) is 13.2 Å². The number of carbonyl (C=O) groups excluding carboxylic acids is 2. The van der Waals surface area contributed by atoms with Gasteiger partial charge in [0.15, 0.2) is 0 Å². The highest BCUT2D eigenvalue weighted by atomic mass is 32.2. The third-order valence-electron chi connectivity index (χ3n) is 5.35. The fourth-order valence-corrected chi connectivity index (χ4v) is 4.84. The lowest BCUT2D eigenvalue weighted by Gasteiger charge is -2.27. The van der Waals surface area contributed by atoms with E-state index in [9.17, 15) is 22.8 Å². The Morgan fingerprint density at radius 1 is 0.966 bits per heavy atom. The predicted octanol–water partition coefficient (Wildman–Crippen LogP) is 6.08. The molecule has 2 aromatic rings. The van der Waals surface area contributed by atoms with E-state index in [1.54, 1.807) is 0 Å². The van der Waals surface area contributed by atoms with Gasteiger partial charge in [-0.3, -0.25) is 9.59 Å². The van der Waals surface area contributed by atoms with Crippen LogP contribution >= 0.6 is 11.8 Å². The fraction of sp³-hybridized carbons (Fsp3) is 0.391. The first-order chi connectivity index (χ1) is 13.8. The van der Waals surface area contributed by atoms with E-state index in [4.69, 9.17) is 0 Å². The van der Waals surface area contributed by atoms with Crippen LogP contribution in [0.5, 0.6) is 0 Å². The summed E-state index contributed by atoms with van der Waals surface area (Å²) in [5.74, 6) is -0.0300. The van der Waals surface area contributed by atoms with E-state index in [1.807, 2.05) is 31.2 Å². The molecule has 3 rings (SSSR count). The van der Waals surface area contributed by atoms with E-state index in [2.05, 4.69) is 0 Å². The predicted molar refractivity (Wildman–Crippen MR) is 108 cm³/mol. The Morgan fingerprint density at radius 2 is 1.59 bits per heavy atom. The van der Waals surface area contributed by atoms with Crippen molar-refractivity contribution < 1.29 is 22.8 Å². The summed E-state index contributed by atoms with van der Waals surface area (Å²) >= 11 is 1.45. The van der Waals surface area contributed by atoms with Crippen LogP contribution in [0.2, 0.25) is 0 Å². The minimum atomic E-state index is -4.33. The van der Waals surface area contributed by atoms with Crippen LogP contribution < -0.4 is 0 Å². The molecule has 0 unspecified atom stereocenters. The molecule has 0 amide bonds. The number of rotatable bonds is 6. The number of Topliss-reactive ketones (excluding diaryl/α,β-unsaturated/α-hetero) is 2. The molecule has 29 heavy (non-hydrogen) atoms. The van der Waals surface area contributed by atoms with Gasteiger partial charge in [0.05, 0.1) is 5.56 Å². The van der Waals surface area contributed by atoms with Crippen LogP contribution in [0, 0.1) is 5.92 Å². The van der Waals surface area contributed by atoms with Crippen molar-refractivity contribution in [2.45, 2.75) is 49.6 Å². The Bertz CT molecular complexity index is 856. The van der Waals surface area contributed by atoms with Crippen LogP contribution in [0.25, 0.3) is 0 Å². The first-order valence-corrected chi connectivity index (χ1v) is 10.7. The lowest BCUT2D eigenvalue weighted by atomic mass is 9.74. The summed E-state index contributed by atoms with van der Waals surface area (Å²) in [6, 6.07) is 12.7. The molecule has 6 heteroatoms. The lowest BCUT2D eigenvalue weighted by Crippen LogP contribution is -2.32. The highest BCUT2D eigenvalue weighted by molar-refractivity contribution is 7.99. The molecule has 0 aromatic heterocycles. The average molecular weight is 420 g/mol. The number of thioether (sulfide) groups is 1. The molecule has 0 bridgehead atoms. The van der Waals surface area contributed by atoms with E-state index in [0.29, 0.717) is 25.0 Å². The maximum atomic E-state index is 12.7. The van der Waals surface area contributed by atoms with Crippen molar-refractivity contribution in [2.24, 2.45) is 5.92 Å². The number of aryl methyl sites for hydroxylation is 1. The van der Waals surface area contributed by atoms with Gasteiger partial charge in [-0.05, 0) is 59.9 Å². The van der Waals surface area contributed by atoms with Crippen LogP contribution in [0.1, 0.15) is 48.8 Å². The minimum Gasteiger partial charge on any atom is -0.299 e. The summed E-state index contributed by atoms with van der Waals surface area (Å²) < 4.78 is 37.9. The van der Waals surface area contributed by atoms with Gasteiger partial charge >= 0.3 is 6.18 Å². The Kier molecular flexibility index (Phi) is 6.83. The van der Waals surface area contributed by atoms with Crippen molar-refractivity contribution in [3.05, 3.63) is 65.2 Å². The summed E-state index contributed by atoms with van der Waals surface area (Å²) in [7, 11) is 0. The van der Waals surface area contributed by atoms with E-state index in [0.717, 1.165) is 34.6 Å². The topological polar surface area (TPSA) is 34.1 Å². The smallest absolute Gasteiger partial charge is 0.299 e. The van der Waals surface area contributed by atoms with Crippen molar-refractivity contribution in [2.75, 3.05) is 5.75 Å². The SMILES string of the molecule is CCc1ccccc1C1C(=O)CC(CCSc2ccc(C(F)(F)F)cc2)CC1=O. The normalized spacial score (nSPS) is 20.1. The van der Waals surface area contributed by atoms with Crippen molar-refractivity contribution in [1.29, 1.82) is 0 Å². The third kappa shape index (κ3) is 5.30. The third-order valence-corrected chi connectivity index (χ3v) is 6.39. The molecule has 1 saturated carbocycles. The first-order valence-electron chi connectivity index (χ1n) is 9.73. The average Bonchev–Trinajstić information content (AvgIpc) is 2.67. The van der Waals surface area contributed by atoms with Crippen molar-refractivity contribution in [3.63, 3.8) is 0 Å². The van der Waals surface area contributed by atoms with Gasteiger partial charge in [-0.1, -0.05) is 31.2 Å². The van der Waals surface area contributed by atoms with Crippen LogP contribution in [-0.4, -0.2) is 17.3 Å². The fourth-order valence-electron chi connectivity index (χ4n) is 3.83. The van der Waals surface area contributed by atoms with Gasteiger partial charge in [0.1, 0.15) is 17.5 Å². The number of halogens is 3. The monoisotopic (exact) mass is 420 g/mol. The number of ketones is 2. The largest absolute Gasteiger partial charge is 0.416 e. The summed E-state index contributed by atoms with van der Waals surface area (Å²) in [4.78, 5) is 26.2. The standard InChI is InChI=1S/C23H23F3O2S/c1-2-16-5-3-4-6-19(16)22-20(27)13-15(14-21(22)28)11-12-29-18-9-7-17(8-10-18)23(24,25)26/h3-10,15,22H,2,11-14H2,1H3. The lowest BCUT2D eigenvalue weighted by molar-refractivity contribution is -0.137. The van der Waals surface area contributed by atoms with Crippen LogP contribution in [0.3, 0.4) is 0 Å². The number of hydrogen-bond donors (Lipinski definition) is 0. The molecular formula is C23H23F3O2S. The molecule has 2 nitrogen and oxygen atoms in total. The second-order valence-electron chi connectivity index (χ2n) is 7.35. The second kappa shape index (κ2) is 9.16. The molecule has 1 aliphatic carbocycles. The number of alkyl halides is 3. The van der Waals surface area contributed by atoms with E-state index in [-0.39, 0.29) is 17.5 Å². The molecule has 0 saturated heterocycles. The number of hydrogen-bond acceptors (Lipinski definition) is 3. The number of benzene rings is 2. The Morgan fingerprint density at radius 3 is 2.17 bits per heavy atom. The Hall–Kier alpha value is -2.08. The molecule has 154 valence electrons. The van der Waals surface area contributed by atoms with Crippen molar-refractivity contribution >= 4 is 23.3 Å². The molecule has 0 N–H and O–H groups in total. The van der Waals surface area contributed by atoms with E-state index in [1.165, 1.54) is 23.9 Å². The quantitative estimate of drug-likeness (QED) is 0.419. The summed E-state index contributed by atoms with van der Waals surface area (Å²) in [5.41, 5.74) is 1.21. The number of carbonyl (C=O) groups is 2. The highest BCUT2D eigenvalue weighted by Crippen LogP contribution is 2.35. The van der Waals surface area contributed by atoms with Gasteiger partial charge in [0, 0.05) is 17.7 Å². The van der Waals surface area contributed by atoms with Gasteiger partial charge in [-0.15, -0.1) is 11.8 Å². The Balaban J connectivity index is 1.55. The zero-order valence-electron chi connectivity index (χ0n) is 16.2. The summed E-state index contributed by atoms with van der Waals surface area (Å²) in [6.07, 6.45) is -2.12. The van der Waals surface area contributed by atoms with Gasteiger partial charge < -0.3 is 0 Å². The highest BCUT2D eigenvalue weighted by Gasteiger charge is 2.37. The zero-order valence-corrected chi connectivity index (χ0v) is 17.0. The maximum absolute atomic E-state index is 12.7.